The summed E-state index contributed by atoms with van der Waals surface area (Å²) in [6.07, 6.45) is 9.43. The van der Waals surface area contributed by atoms with E-state index in [1.165, 1.54) is 12.2 Å². The number of rotatable bonds is 14. The number of alkyl carbamates (subject to hydrolysis) is 1. The van der Waals surface area contributed by atoms with Gasteiger partial charge in [0.05, 0.1) is 25.5 Å². The fraction of sp³-hybridized carbons (Fsp3) is 0.622. The van der Waals surface area contributed by atoms with Crippen LogP contribution in [-0.4, -0.2) is 89.0 Å². The SMILES string of the molecule is COc1cc2ccc3cc2cc1CCCCCCOC(=O)N[C@@H](CCCCCCC[B]C(=O)NS(=O)(=O)C1CC1)C(=O)N1C[C@@]3(OC)C[C@H]1C(N)=O. The number of nitrogens with zero attached hydrogens (tertiary/aromatic N) is 1. The van der Waals surface area contributed by atoms with E-state index in [1.807, 2.05) is 18.2 Å². The Morgan fingerprint density at radius 3 is 2.50 bits per heavy atom. The second kappa shape index (κ2) is 17.8. The number of benzene rings is 2. The van der Waals surface area contributed by atoms with Gasteiger partial charge in [-0.3, -0.25) is 19.1 Å². The Bertz CT molecular complexity index is 1720. The lowest BCUT2D eigenvalue weighted by Gasteiger charge is -2.30. The van der Waals surface area contributed by atoms with Gasteiger partial charge in [0, 0.05) is 13.5 Å². The Kier molecular flexibility index (Phi) is 13.5. The molecule has 2 aromatic rings. The van der Waals surface area contributed by atoms with E-state index in [-0.39, 0.29) is 19.6 Å². The van der Waals surface area contributed by atoms with E-state index in [1.54, 1.807) is 14.2 Å². The maximum absolute atomic E-state index is 14.3. The normalized spacial score (nSPS) is 23.0. The summed E-state index contributed by atoms with van der Waals surface area (Å²) in [5, 5.41) is 4.33. The van der Waals surface area contributed by atoms with Crippen molar-refractivity contribution in [2.75, 3.05) is 27.4 Å². The van der Waals surface area contributed by atoms with Crippen molar-refractivity contribution in [2.24, 2.45) is 5.73 Å². The van der Waals surface area contributed by atoms with E-state index in [2.05, 4.69) is 22.2 Å². The van der Waals surface area contributed by atoms with Crippen molar-refractivity contribution in [1.29, 1.82) is 0 Å². The van der Waals surface area contributed by atoms with E-state index >= 15 is 0 Å². The number of primary amides is 1. The van der Waals surface area contributed by atoms with Gasteiger partial charge in [0.1, 0.15) is 23.4 Å². The van der Waals surface area contributed by atoms with Crippen molar-refractivity contribution in [1.82, 2.24) is 14.9 Å². The summed E-state index contributed by atoms with van der Waals surface area (Å²) in [7, 11) is 1.05. The number of unbranched alkanes of at least 4 members (excludes halogenated alkanes) is 4. The highest BCUT2D eigenvalue weighted by molar-refractivity contribution is 7.91. The second-order valence-electron chi connectivity index (χ2n) is 14.3. The molecule has 13 nitrogen and oxygen atoms in total. The molecule has 2 fully saturated rings. The largest absolute Gasteiger partial charge is 0.496 e. The molecular weight excluding hydrogens is 687 g/mol. The van der Waals surface area contributed by atoms with Crippen molar-refractivity contribution >= 4 is 51.8 Å². The summed E-state index contributed by atoms with van der Waals surface area (Å²) >= 11 is 0. The predicted molar refractivity (Wildman–Crippen MR) is 198 cm³/mol. The third-order valence-corrected chi connectivity index (χ3v) is 12.3. The summed E-state index contributed by atoms with van der Waals surface area (Å²) in [6, 6.07) is 8.27. The van der Waals surface area contributed by atoms with Crippen LogP contribution in [0.4, 0.5) is 9.59 Å². The maximum Gasteiger partial charge on any atom is 0.407 e. The summed E-state index contributed by atoms with van der Waals surface area (Å²) < 4.78 is 43.3. The van der Waals surface area contributed by atoms with E-state index in [0.29, 0.717) is 44.8 Å². The minimum atomic E-state index is -3.56. The van der Waals surface area contributed by atoms with Gasteiger partial charge in [0.25, 0.3) is 0 Å². The molecule has 2 aromatic carbocycles. The first kappa shape index (κ1) is 39.4. The van der Waals surface area contributed by atoms with Crippen LogP contribution in [0.5, 0.6) is 5.75 Å². The monoisotopic (exact) mass is 739 g/mol. The number of amides is 4. The Hall–Kier alpha value is -3.85. The van der Waals surface area contributed by atoms with Crippen LogP contribution in [0.1, 0.15) is 94.6 Å². The smallest absolute Gasteiger partial charge is 0.407 e. The number of carbonyl (C=O) groups excluding carboxylic acids is 4. The van der Waals surface area contributed by atoms with Crippen molar-refractivity contribution < 1.29 is 41.8 Å². The van der Waals surface area contributed by atoms with Gasteiger partial charge < -0.3 is 30.2 Å². The average molecular weight is 740 g/mol. The number of fused-ring (bicyclic) bond motifs is 5. The van der Waals surface area contributed by atoms with E-state index < -0.39 is 56.7 Å². The fourth-order valence-electron chi connectivity index (χ4n) is 7.30. The molecule has 15 heteroatoms. The lowest BCUT2D eigenvalue weighted by atomic mass is 9.72. The average Bonchev–Trinajstić information content (AvgIpc) is 3.91. The summed E-state index contributed by atoms with van der Waals surface area (Å²) in [5.41, 5.74) is 6.81. The summed E-state index contributed by atoms with van der Waals surface area (Å²) in [6.45, 7) is 0.291. The number of ether oxygens (including phenoxy) is 3. The first-order chi connectivity index (χ1) is 25.0. The fourth-order valence-corrected chi connectivity index (χ4v) is 8.59. The van der Waals surface area contributed by atoms with Gasteiger partial charge in [-0.05, 0) is 78.6 Å². The predicted octanol–water partition coefficient (Wildman–Crippen LogP) is 4.65. The van der Waals surface area contributed by atoms with Crippen LogP contribution >= 0.6 is 0 Å². The number of aryl methyl sites for hydroxylation is 1. The molecule has 52 heavy (non-hydrogen) atoms. The van der Waals surface area contributed by atoms with Crippen LogP contribution in [-0.2, 0) is 41.1 Å². The molecule has 5 rings (SSSR count). The quantitative estimate of drug-likeness (QED) is 0.183. The molecule has 4 amide bonds. The third kappa shape index (κ3) is 9.97. The van der Waals surface area contributed by atoms with Gasteiger partial charge >= 0.3 is 6.09 Å². The van der Waals surface area contributed by atoms with Crippen LogP contribution < -0.4 is 20.5 Å². The number of nitrogens with one attached hydrogen (secondary N) is 2. The highest BCUT2D eigenvalue weighted by Gasteiger charge is 2.51. The molecule has 4 N–H and O–H groups in total. The van der Waals surface area contributed by atoms with Crippen molar-refractivity contribution in [2.45, 2.75) is 119 Å². The van der Waals surface area contributed by atoms with Crippen LogP contribution in [0.3, 0.4) is 0 Å². The van der Waals surface area contributed by atoms with Crippen LogP contribution in [0.15, 0.2) is 30.3 Å². The van der Waals surface area contributed by atoms with Gasteiger partial charge in [-0.1, -0.05) is 63.4 Å². The number of methoxy groups -OCH3 is 2. The molecule has 3 atom stereocenters. The molecule has 0 aromatic heterocycles. The van der Waals surface area contributed by atoms with Gasteiger partial charge in [-0.15, -0.1) is 0 Å². The lowest BCUT2D eigenvalue weighted by molar-refractivity contribution is -0.139. The standard InChI is InChI=1S/C37H52BN4O9S/c1-49-32-22-25-14-15-28-21-27(25)20-26(32)12-8-5-7-11-19-51-36(46)40-30(34(44)42-24-37(28,50-2)23-31(42)33(39)43)13-9-4-3-6-10-18-38-35(45)41-52(47,48)29-16-17-29/h14-15,20-22,29-31H,3-13,16-19,23-24H2,1-2H3,(H2,39,43)(H,40,46)(H,41,45)/t30-,31-,37-/m0/s1. The van der Waals surface area contributed by atoms with Crippen LogP contribution in [0.25, 0.3) is 10.8 Å². The molecule has 1 radical (unpaired) electrons. The van der Waals surface area contributed by atoms with Crippen LogP contribution in [0, 0.1) is 0 Å². The highest BCUT2D eigenvalue weighted by atomic mass is 32.2. The molecule has 3 aliphatic rings. The zero-order valence-corrected chi connectivity index (χ0v) is 31.1. The third-order valence-electron chi connectivity index (χ3n) is 10.5. The van der Waals surface area contributed by atoms with E-state index in [4.69, 9.17) is 19.9 Å². The van der Waals surface area contributed by atoms with Crippen molar-refractivity contribution in [3.8, 4) is 5.75 Å². The number of carbonyl (C=O) groups is 4. The molecule has 1 aliphatic carbocycles. The van der Waals surface area contributed by atoms with Gasteiger partial charge in [-0.25, -0.2) is 13.2 Å². The number of sulfonamides is 1. The van der Waals surface area contributed by atoms with Gasteiger partial charge in [-0.2, -0.15) is 0 Å². The maximum atomic E-state index is 14.3. The zero-order valence-electron chi connectivity index (χ0n) is 30.3. The second-order valence-corrected chi connectivity index (χ2v) is 16.2. The number of cyclic esters (lactones) is 1. The Labute approximate surface area is 307 Å². The highest BCUT2D eigenvalue weighted by Crippen LogP contribution is 2.41. The summed E-state index contributed by atoms with van der Waals surface area (Å²) in [5.74, 6) is -0.841. The molecule has 283 valence electrons. The van der Waals surface area contributed by atoms with Gasteiger partial charge in [0.2, 0.25) is 29.1 Å². The molecular formula is C37H52BN4O9S. The molecule has 5 bridgehead atoms. The van der Waals surface area contributed by atoms with Crippen molar-refractivity contribution in [3.05, 3.63) is 41.5 Å². The van der Waals surface area contributed by atoms with Gasteiger partial charge in [0.15, 0.2) is 5.81 Å². The lowest BCUT2D eigenvalue weighted by Crippen LogP contribution is -2.53. The molecule has 1 saturated carbocycles. The number of hydrogen-bond acceptors (Lipinski definition) is 9. The topological polar surface area (TPSA) is 183 Å². The number of nitrogens with two attached hydrogens (primary N) is 1. The Balaban J connectivity index is 1.26. The number of hydrogen-bond donors (Lipinski definition) is 3. The summed E-state index contributed by atoms with van der Waals surface area (Å²) in [4.78, 5) is 53.5. The van der Waals surface area contributed by atoms with E-state index in [9.17, 15) is 27.6 Å². The Morgan fingerprint density at radius 2 is 1.77 bits per heavy atom. The van der Waals surface area contributed by atoms with E-state index in [0.717, 1.165) is 72.6 Å². The van der Waals surface area contributed by atoms with Crippen LogP contribution in [0.2, 0.25) is 6.32 Å². The molecule has 1 saturated heterocycles. The first-order valence-corrected chi connectivity index (χ1v) is 20.1. The Morgan fingerprint density at radius 1 is 1.02 bits per heavy atom. The first-order valence-electron chi connectivity index (χ1n) is 18.5. The molecule has 2 aliphatic heterocycles. The molecule has 0 spiro atoms. The molecule has 0 unspecified atom stereocenters. The minimum absolute atomic E-state index is 0.0731. The zero-order chi connectivity index (χ0) is 37.3. The molecule has 2 heterocycles. The van der Waals surface area contributed by atoms with Crippen molar-refractivity contribution in [3.63, 3.8) is 0 Å². The minimum Gasteiger partial charge on any atom is -0.496 e.